The van der Waals surface area contributed by atoms with Crippen LogP contribution in [0, 0.1) is 18.7 Å². The van der Waals surface area contributed by atoms with E-state index in [2.05, 4.69) is 20.0 Å². The van der Waals surface area contributed by atoms with Crippen LogP contribution >= 0.6 is 0 Å². The Labute approximate surface area is 245 Å². The normalized spacial score (nSPS) is 14.9. The van der Waals surface area contributed by atoms with Crippen LogP contribution in [0.25, 0.3) is 0 Å². The highest BCUT2D eigenvalue weighted by Crippen LogP contribution is 2.23. The standard InChI is InChI=1S/C21H26FN5O3.2C2HF3O2/c1-13(2)18-12-26(19-11-23-17(10-24-19)20(28)30-4)7-8-27(18)21(29)25-16-9-15(22)6-5-14(16)3;2*3-2(4,5)1(6)7/h5-6,9-11,13,18H,7-8,12H2,1-4H3,(H,25,29);2*(H,6,7). The van der Waals surface area contributed by atoms with Gasteiger partial charge in [-0.25, -0.2) is 33.5 Å². The number of anilines is 2. The molecule has 0 radical (unpaired) electrons. The number of hydrogen-bond acceptors (Lipinski definition) is 8. The van der Waals surface area contributed by atoms with Gasteiger partial charge >= 0.3 is 36.3 Å². The fourth-order valence-corrected chi connectivity index (χ4v) is 3.45. The van der Waals surface area contributed by atoms with Crippen LogP contribution in [0.2, 0.25) is 0 Å². The van der Waals surface area contributed by atoms with Crippen LogP contribution in [0.4, 0.5) is 47.0 Å². The van der Waals surface area contributed by atoms with E-state index < -0.39 is 36.1 Å². The molecule has 1 aliphatic rings. The van der Waals surface area contributed by atoms with Crippen molar-refractivity contribution in [1.29, 1.82) is 0 Å². The number of ether oxygens (including phenoxy) is 1. The second-order valence-corrected chi connectivity index (χ2v) is 9.20. The number of nitrogens with one attached hydrogen (secondary N) is 1. The van der Waals surface area contributed by atoms with E-state index >= 15 is 0 Å². The molecule has 3 N–H and O–H groups in total. The predicted octanol–water partition coefficient (Wildman–Crippen LogP) is 4.36. The van der Waals surface area contributed by atoms with Gasteiger partial charge in [0, 0.05) is 25.3 Å². The minimum absolute atomic E-state index is 0.0744. The zero-order valence-corrected chi connectivity index (χ0v) is 23.5. The highest BCUT2D eigenvalue weighted by atomic mass is 19.4. The first-order valence-corrected chi connectivity index (χ1v) is 12.3. The molecule has 0 aliphatic carbocycles. The maximum absolute atomic E-state index is 13.6. The van der Waals surface area contributed by atoms with Crippen molar-refractivity contribution in [1.82, 2.24) is 14.9 Å². The highest BCUT2D eigenvalue weighted by molar-refractivity contribution is 5.90. The van der Waals surface area contributed by atoms with Gasteiger partial charge in [0.05, 0.1) is 25.5 Å². The zero-order chi connectivity index (χ0) is 34.0. The Morgan fingerprint density at radius 3 is 1.95 bits per heavy atom. The van der Waals surface area contributed by atoms with Gasteiger partial charge in [-0.05, 0) is 30.5 Å². The summed E-state index contributed by atoms with van der Waals surface area (Å²) in [6.07, 6.45) is -7.24. The van der Waals surface area contributed by atoms with Crippen molar-refractivity contribution >= 4 is 35.4 Å². The number of aromatic nitrogens is 2. The number of carbonyl (C=O) groups excluding carboxylic acids is 2. The number of aliphatic carboxylic acids is 2. The Morgan fingerprint density at radius 1 is 0.977 bits per heavy atom. The van der Waals surface area contributed by atoms with Crippen molar-refractivity contribution in [3.8, 4) is 0 Å². The van der Waals surface area contributed by atoms with E-state index in [-0.39, 0.29) is 23.7 Å². The molecule has 19 heteroatoms. The molecule has 12 nitrogen and oxygen atoms in total. The number of hydrogen-bond donors (Lipinski definition) is 3. The van der Waals surface area contributed by atoms with E-state index in [1.807, 2.05) is 25.7 Å². The molecule has 2 aromatic rings. The Morgan fingerprint density at radius 2 is 1.52 bits per heavy atom. The molecule has 3 rings (SSSR count). The van der Waals surface area contributed by atoms with Gasteiger partial charge in [-0.2, -0.15) is 26.3 Å². The maximum Gasteiger partial charge on any atom is 0.490 e. The topological polar surface area (TPSA) is 162 Å². The number of esters is 1. The summed E-state index contributed by atoms with van der Waals surface area (Å²) >= 11 is 0. The van der Waals surface area contributed by atoms with Crippen molar-refractivity contribution in [2.75, 3.05) is 37.0 Å². The number of carboxylic acids is 2. The lowest BCUT2D eigenvalue weighted by atomic mass is 10.00. The second-order valence-electron chi connectivity index (χ2n) is 9.20. The number of alkyl halides is 6. The number of amides is 2. The molecule has 0 saturated carbocycles. The van der Waals surface area contributed by atoms with Gasteiger partial charge in [0.1, 0.15) is 11.6 Å². The fourth-order valence-electron chi connectivity index (χ4n) is 3.45. The van der Waals surface area contributed by atoms with Gasteiger partial charge in [0.25, 0.3) is 0 Å². The van der Waals surface area contributed by atoms with E-state index in [1.165, 1.54) is 31.6 Å². The molecule has 2 amide bonds. The average Bonchev–Trinajstić information content (AvgIpc) is 2.94. The molecule has 1 saturated heterocycles. The molecule has 0 spiro atoms. The first kappa shape index (κ1) is 37.3. The van der Waals surface area contributed by atoms with Gasteiger partial charge in [-0.15, -0.1) is 0 Å². The first-order valence-electron chi connectivity index (χ1n) is 12.3. The van der Waals surface area contributed by atoms with Crippen LogP contribution in [-0.2, 0) is 14.3 Å². The second kappa shape index (κ2) is 15.7. The molecule has 2 heterocycles. The lowest BCUT2D eigenvalue weighted by molar-refractivity contribution is -0.193. The minimum Gasteiger partial charge on any atom is -0.475 e. The van der Waals surface area contributed by atoms with Crippen molar-refractivity contribution in [2.45, 2.75) is 39.2 Å². The molecule has 1 atom stereocenters. The zero-order valence-electron chi connectivity index (χ0n) is 23.5. The number of benzene rings is 1. The molecular formula is C25H28F7N5O7. The van der Waals surface area contributed by atoms with Crippen molar-refractivity contribution in [2.24, 2.45) is 5.92 Å². The number of aryl methyl sites for hydroxylation is 1. The predicted molar refractivity (Wildman–Crippen MR) is 138 cm³/mol. The van der Waals surface area contributed by atoms with E-state index in [1.54, 1.807) is 11.0 Å². The van der Waals surface area contributed by atoms with Crippen molar-refractivity contribution < 1.29 is 64.9 Å². The van der Waals surface area contributed by atoms with Crippen LogP contribution < -0.4 is 10.2 Å². The van der Waals surface area contributed by atoms with Gasteiger partial charge in [-0.3, -0.25) is 0 Å². The summed E-state index contributed by atoms with van der Waals surface area (Å²) in [5, 5.41) is 17.1. The summed E-state index contributed by atoms with van der Waals surface area (Å²) in [5.41, 5.74) is 1.41. The number of nitrogens with zero attached hydrogens (tertiary/aromatic N) is 4. The molecule has 244 valence electrons. The maximum atomic E-state index is 13.6. The number of carbonyl (C=O) groups is 4. The summed E-state index contributed by atoms with van der Waals surface area (Å²) < 4.78 is 81.7. The Hall–Kier alpha value is -4.71. The van der Waals surface area contributed by atoms with Crippen LogP contribution in [0.1, 0.15) is 29.9 Å². The summed E-state index contributed by atoms with van der Waals surface area (Å²) in [6, 6.07) is 4.00. The van der Waals surface area contributed by atoms with Crippen LogP contribution in [0.5, 0.6) is 0 Å². The smallest absolute Gasteiger partial charge is 0.475 e. The quantitative estimate of drug-likeness (QED) is 0.323. The summed E-state index contributed by atoms with van der Waals surface area (Å²) in [5.74, 6) is -5.62. The largest absolute Gasteiger partial charge is 0.490 e. The average molecular weight is 644 g/mol. The third-order valence-electron chi connectivity index (χ3n) is 5.73. The molecular weight excluding hydrogens is 615 g/mol. The van der Waals surface area contributed by atoms with Crippen molar-refractivity contribution in [3.05, 3.63) is 47.7 Å². The lowest BCUT2D eigenvalue weighted by Gasteiger charge is -2.43. The molecule has 1 aromatic heterocycles. The Kier molecular flexibility index (Phi) is 13.3. The summed E-state index contributed by atoms with van der Waals surface area (Å²) in [6.45, 7) is 7.53. The van der Waals surface area contributed by atoms with E-state index in [4.69, 9.17) is 19.8 Å². The first-order chi connectivity index (χ1) is 20.2. The molecule has 1 aromatic carbocycles. The minimum atomic E-state index is -5.08. The van der Waals surface area contributed by atoms with E-state index in [0.29, 0.717) is 31.1 Å². The number of piperazine rings is 1. The Bertz CT molecular complexity index is 1280. The fraction of sp³-hybridized carbons (Fsp3) is 0.440. The van der Waals surface area contributed by atoms with Gasteiger partial charge in [0.2, 0.25) is 0 Å². The third-order valence-corrected chi connectivity index (χ3v) is 5.73. The number of urea groups is 1. The molecule has 0 bridgehead atoms. The van der Waals surface area contributed by atoms with E-state index in [0.717, 1.165) is 5.56 Å². The summed E-state index contributed by atoms with van der Waals surface area (Å²) in [7, 11) is 1.29. The molecule has 1 unspecified atom stereocenters. The highest BCUT2D eigenvalue weighted by Gasteiger charge is 2.39. The molecule has 1 fully saturated rings. The van der Waals surface area contributed by atoms with Crippen LogP contribution in [0.3, 0.4) is 0 Å². The molecule has 44 heavy (non-hydrogen) atoms. The van der Waals surface area contributed by atoms with E-state index in [9.17, 15) is 40.3 Å². The van der Waals surface area contributed by atoms with Gasteiger partial charge < -0.3 is 30.1 Å². The number of methoxy groups -OCH3 is 1. The Balaban J connectivity index is 0.000000574. The number of rotatable bonds is 4. The molecule has 1 aliphatic heterocycles. The van der Waals surface area contributed by atoms with Gasteiger partial charge in [-0.1, -0.05) is 19.9 Å². The van der Waals surface area contributed by atoms with Crippen LogP contribution in [0.15, 0.2) is 30.6 Å². The van der Waals surface area contributed by atoms with Crippen LogP contribution in [-0.4, -0.2) is 94.2 Å². The SMILES string of the molecule is COC(=O)c1cnc(N2CCN(C(=O)Nc3cc(F)ccc3C)C(C(C)C)C2)cn1.O=C(O)C(F)(F)F.O=C(O)C(F)(F)F. The summed E-state index contributed by atoms with van der Waals surface area (Å²) in [4.78, 5) is 54.5. The number of halogens is 7. The number of carboxylic acid groups (broad SMARTS) is 2. The van der Waals surface area contributed by atoms with Crippen molar-refractivity contribution in [3.63, 3.8) is 0 Å². The van der Waals surface area contributed by atoms with Gasteiger partial charge in [0.15, 0.2) is 5.69 Å². The third kappa shape index (κ3) is 11.5. The monoisotopic (exact) mass is 643 g/mol. The lowest BCUT2D eigenvalue weighted by Crippen LogP contribution is -2.58.